The molecule has 0 atom stereocenters. The van der Waals surface area contributed by atoms with Crippen molar-refractivity contribution in [1.82, 2.24) is 24.1 Å². The molecule has 0 amide bonds. The van der Waals surface area contributed by atoms with E-state index in [0.29, 0.717) is 17.5 Å². The number of hydrogen-bond acceptors (Lipinski definition) is 3. The van der Waals surface area contributed by atoms with E-state index in [2.05, 4.69) is 137 Å². The van der Waals surface area contributed by atoms with Gasteiger partial charge in [0.15, 0.2) is 17.5 Å². The number of rotatable bonds is 6. The second-order valence-electron chi connectivity index (χ2n) is 14.4. The molecule has 1 aliphatic rings. The number of hydrogen-bond donors (Lipinski definition) is 0. The monoisotopic (exact) mass is 717 g/mol. The van der Waals surface area contributed by atoms with E-state index in [1.165, 1.54) is 60.8 Å². The summed E-state index contributed by atoms with van der Waals surface area (Å²) in [5, 5.41) is 3.76. The highest BCUT2D eigenvalue weighted by Gasteiger charge is 2.21. The van der Waals surface area contributed by atoms with Crippen LogP contribution < -0.4 is 0 Å². The van der Waals surface area contributed by atoms with Crippen LogP contribution >= 0.6 is 0 Å². The first-order chi connectivity index (χ1) is 27.8. The zero-order chi connectivity index (χ0) is 37.0. The normalized spacial score (nSPS) is 12.4. The van der Waals surface area contributed by atoms with Gasteiger partial charge < -0.3 is 9.13 Å². The largest absolute Gasteiger partial charge is 0.313 e. The summed E-state index contributed by atoms with van der Waals surface area (Å²) in [6, 6.07) is 62.1. The Kier molecular flexibility index (Phi) is 7.56. The third kappa shape index (κ3) is 5.36. The van der Waals surface area contributed by atoms with E-state index in [1.54, 1.807) is 0 Å². The minimum atomic E-state index is 0.649. The zero-order valence-corrected chi connectivity index (χ0v) is 30.5. The van der Waals surface area contributed by atoms with E-state index in [9.17, 15) is 0 Å². The summed E-state index contributed by atoms with van der Waals surface area (Å²) >= 11 is 0. The van der Waals surface area contributed by atoms with Gasteiger partial charge in [0.05, 0.1) is 16.6 Å². The third-order valence-corrected chi connectivity index (χ3v) is 11.0. The van der Waals surface area contributed by atoms with Gasteiger partial charge in [-0.25, -0.2) is 15.0 Å². The van der Waals surface area contributed by atoms with Crippen molar-refractivity contribution in [2.24, 2.45) is 0 Å². The molecule has 5 heteroatoms. The van der Waals surface area contributed by atoms with Gasteiger partial charge in [-0.15, -0.1) is 0 Å². The van der Waals surface area contributed by atoms with E-state index >= 15 is 0 Å². The minimum Gasteiger partial charge on any atom is -0.313 e. The summed E-state index contributed by atoms with van der Waals surface area (Å²) in [6.45, 7) is 0. The summed E-state index contributed by atoms with van der Waals surface area (Å²) in [5.74, 6) is 1.96. The van der Waals surface area contributed by atoms with Crippen LogP contribution in [0.1, 0.15) is 17.7 Å². The Morgan fingerprint density at radius 1 is 0.375 bits per heavy atom. The van der Waals surface area contributed by atoms with Crippen molar-refractivity contribution in [2.45, 2.75) is 12.8 Å². The van der Waals surface area contributed by atoms with Gasteiger partial charge in [0, 0.05) is 55.5 Å². The first kappa shape index (κ1) is 32.1. The predicted molar refractivity (Wildman–Crippen MR) is 230 cm³/mol. The van der Waals surface area contributed by atoms with Gasteiger partial charge in [-0.1, -0.05) is 133 Å². The van der Waals surface area contributed by atoms with Gasteiger partial charge in [0.2, 0.25) is 0 Å². The fraction of sp³-hybridized carbons (Fsp3) is 0.0392. The topological polar surface area (TPSA) is 48.5 Å². The van der Waals surface area contributed by atoms with Crippen LogP contribution in [0.4, 0.5) is 0 Å². The number of benzene rings is 7. The van der Waals surface area contributed by atoms with Crippen molar-refractivity contribution in [3.8, 4) is 56.7 Å². The lowest BCUT2D eigenvalue weighted by molar-refractivity contribution is 0.888. The molecule has 1 aliphatic carbocycles. The number of nitrogens with zero attached hydrogens (tertiary/aromatic N) is 5. The van der Waals surface area contributed by atoms with Crippen LogP contribution in [0.5, 0.6) is 0 Å². The Hall–Kier alpha value is -7.37. The lowest BCUT2D eigenvalue weighted by atomic mass is 9.98. The molecule has 0 saturated carbocycles. The molecule has 5 nitrogen and oxygen atoms in total. The van der Waals surface area contributed by atoms with E-state index < -0.39 is 0 Å². The fourth-order valence-corrected chi connectivity index (χ4v) is 8.43. The molecule has 10 aromatic rings. The maximum absolute atomic E-state index is 5.03. The van der Waals surface area contributed by atoms with Crippen LogP contribution in [0.2, 0.25) is 0 Å². The highest BCUT2D eigenvalue weighted by Crippen LogP contribution is 2.39. The Morgan fingerprint density at radius 2 is 0.911 bits per heavy atom. The van der Waals surface area contributed by atoms with Crippen molar-refractivity contribution in [3.05, 3.63) is 193 Å². The lowest BCUT2D eigenvalue weighted by Crippen LogP contribution is -2.04. The predicted octanol–water partition coefficient (Wildman–Crippen LogP) is 12.5. The van der Waals surface area contributed by atoms with Crippen molar-refractivity contribution in [2.75, 3.05) is 0 Å². The molecule has 0 aliphatic heterocycles. The van der Waals surface area contributed by atoms with Gasteiger partial charge >= 0.3 is 0 Å². The molecule has 7 aromatic carbocycles. The Labute approximate surface area is 324 Å². The molecule has 0 radical (unpaired) electrons. The van der Waals surface area contributed by atoms with Crippen LogP contribution in [-0.2, 0) is 6.42 Å². The smallest absolute Gasteiger partial charge is 0.164 e. The molecule has 0 fully saturated rings. The van der Waals surface area contributed by atoms with Gasteiger partial charge in [0.25, 0.3) is 0 Å². The van der Waals surface area contributed by atoms with Crippen LogP contribution in [0.25, 0.3) is 95.5 Å². The summed E-state index contributed by atoms with van der Waals surface area (Å²) in [4.78, 5) is 15.0. The van der Waals surface area contributed by atoms with Crippen LogP contribution in [0.15, 0.2) is 182 Å². The Morgan fingerprint density at radius 3 is 1.61 bits per heavy atom. The highest BCUT2D eigenvalue weighted by atomic mass is 15.0. The third-order valence-electron chi connectivity index (χ3n) is 11.0. The van der Waals surface area contributed by atoms with E-state index in [4.69, 9.17) is 15.0 Å². The van der Waals surface area contributed by atoms with Crippen molar-refractivity contribution >= 4 is 38.8 Å². The standard InChI is InChI=1S/C51H35N5/c1-4-15-34(16-5-1)49-52-50(35-17-6-2-7-18-35)54-51(53-49)38-19-14-22-40(31-38)56-46-26-13-11-24-42(46)44-33-37(28-30-48(44)56)36-27-29-47-43(32-36)41-23-10-12-25-45(41)55(47)39-20-8-3-9-21-39/h1-12,14-25,27-33H,13,26H2. The molecule has 264 valence electrons. The first-order valence-electron chi connectivity index (χ1n) is 19.2. The van der Waals surface area contributed by atoms with Gasteiger partial charge in [-0.05, 0) is 78.6 Å². The molecule has 3 heterocycles. The van der Waals surface area contributed by atoms with E-state index in [0.717, 1.165) is 35.2 Å². The molecular weight excluding hydrogens is 683 g/mol. The van der Waals surface area contributed by atoms with Crippen LogP contribution in [0, 0.1) is 0 Å². The maximum atomic E-state index is 5.03. The molecule has 0 spiro atoms. The van der Waals surface area contributed by atoms with Crippen molar-refractivity contribution in [1.29, 1.82) is 0 Å². The van der Waals surface area contributed by atoms with Crippen LogP contribution in [-0.4, -0.2) is 24.1 Å². The SMILES string of the molecule is C1=Cc2c(n(-c3cccc(-c4nc(-c5ccccc5)nc(-c5ccccc5)n4)c3)c3ccc(-c4ccc5c(c4)c4ccccc4n5-c4ccccc4)cc23)CC1. The molecular formula is C51H35N5. The number of aromatic nitrogens is 5. The first-order valence-corrected chi connectivity index (χ1v) is 19.2. The average molecular weight is 718 g/mol. The van der Waals surface area contributed by atoms with Crippen LogP contribution in [0.3, 0.4) is 0 Å². The van der Waals surface area contributed by atoms with Crippen molar-refractivity contribution < 1.29 is 0 Å². The Bertz CT molecular complexity index is 3060. The average Bonchev–Trinajstić information content (AvgIpc) is 3.79. The van der Waals surface area contributed by atoms with E-state index in [-0.39, 0.29) is 0 Å². The maximum Gasteiger partial charge on any atom is 0.164 e. The molecule has 0 bridgehead atoms. The molecule has 0 N–H and O–H groups in total. The quantitative estimate of drug-likeness (QED) is 0.172. The second kappa shape index (κ2) is 13.2. The van der Waals surface area contributed by atoms with Gasteiger partial charge in [0.1, 0.15) is 0 Å². The molecule has 11 rings (SSSR count). The Balaban J connectivity index is 1.04. The lowest BCUT2D eigenvalue weighted by Gasteiger charge is -2.15. The van der Waals surface area contributed by atoms with Gasteiger partial charge in [-0.3, -0.25) is 0 Å². The minimum absolute atomic E-state index is 0.649. The summed E-state index contributed by atoms with van der Waals surface area (Å²) in [5.41, 5.74) is 13.8. The summed E-state index contributed by atoms with van der Waals surface area (Å²) < 4.78 is 4.81. The molecule has 56 heavy (non-hydrogen) atoms. The number of fused-ring (bicyclic) bond motifs is 6. The highest BCUT2D eigenvalue weighted by molar-refractivity contribution is 6.10. The van der Waals surface area contributed by atoms with E-state index in [1.807, 2.05) is 60.7 Å². The van der Waals surface area contributed by atoms with Crippen molar-refractivity contribution in [3.63, 3.8) is 0 Å². The fourth-order valence-electron chi connectivity index (χ4n) is 8.43. The molecule has 0 saturated heterocycles. The second-order valence-corrected chi connectivity index (χ2v) is 14.4. The molecule has 3 aromatic heterocycles. The van der Waals surface area contributed by atoms with Gasteiger partial charge in [-0.2, -0.15) is 0 Å². The zero-order valence-electron chi connectivity index (χ0n) is 30.5. The number of allylic oxidation sites excluding steroid dienone is 1. The molecule has 0 unspecified atom stereocenters. The summed E-state index contributed by atoms with van der Waals surface area (Å²) in [7, 11) is 0. The number of para-hydroxylation sites is 2. The summed E-state index contributed by atoms with van der Waals surface area (Å²) in [6.07, 6.45) is 6.59.